The van der Waals surface area contributed by atoms with E-state index in [4.69, 9.17) is 11.6 Å². The van der Waals surface area contributed by atoms with Crippen molar-refractivity contribution in [3.8, 4) is 0 Å². The molecule has 0 fully saturated rings. The Bertz CT molecular complexity index is 723. The second kappa shape index (κ2) is 6.08. The zero-order valence-electron chi connectivity index (χ0n) is 11.2. The number of hydrogen-bond donors (Lipinski definition) is 0. The predicted molar refractivity (Wildman–Crippen MR) is 77.7 cm³/mol. The monoisotopic (exact) mass is 313 g/mol. The second-order valence-electron chi connectivity index (χ2n) is 4.80. The van der Waals surface area contributed by atoms with Gasteiger partial charge in [-0.15, -0.1) is 0 Å². The summed E-state index contributed by atoms with van der Waals surface area (Å²) in [6, 6.07) is 9.73. The number of benzene rings is 1. The summed E-state index contributed by atoms with van der Waals surface area (Å²) < 4.78 is 33.9. The fraction of sp³-hybridized carbons (Fsp3) is 0.357. The number of hydrogen-bond acceptors (Lipinski definition) is 3. The maximum atomic E-state index is 10.6. The topological polar surface area (TPSA) is 61.1 Å². The summed E-state index contributed by atoms with van der Waals surface area (Å²) in [6.45, 7) is 2.66. The van der Waals surface area contributed by atoms with Crippen LogP contribution in [0.15, 0.2) is 30.3 Å². The van der Waals surface area contributed by atoms with Crippen LogP contribution in [-0.2, 0) is 16.7 Å². The molecule has 20 heavy (non-hydrogen) atoms. The van der Waals surface area contributed by atoms with E-state index in [1.807, 2.05) is 37.3 Å². The van der Waals surface area contributed by atoms with Gasteiger partial charge in [-0.2, -0.15) is 4.57 Å². The average molecular weight is 314 g/mol. The van der Waals surface area contributed by atoms with Crippen molar-refractivity contribution in [1.82, 2.24) is 0 Å². The minimum absolute atomic E-state index is 0.307. The molecule has 1 heterocycles. The summed E-state index contributed by atoms with van der Waals surface area (Å²) in [7, 11) is -4.12. The van der Waals surface area contributed by atoms with E-state index >= 15 is 0 Å². The van der Waals surface area contributed by atoms with E-state index in [1.54, 1.807) is 0 Å². The second-order valence-corrected chi connectivity index (χ2v) is 6.76. The van der Waals surface area contributed by atoms with E-state index in [2.05, 4.69) is 4.57 Å². The molecule has 108 valence electrons. The Morgan fingerprint density at radius 3 is 2.60 bits per heavy atom. The third kappa shape index (κ3) is 3.91. The predicted octanol–water partition coefficient (Wildman–Crippen LogP) is 2.41. The lowest BCUT2D eigenvalue weighted by Crippen LogP contribution is -2.38. The molecule has 0 aliphatic carbocycles. The van der Waals surface area contributed by atoms with Crippen LogP contribution in [-0.4, -0.2) is 18.7 Å². The Labute approximate surface area is 123 Å². The molecule has 0 spiro atoms. The van der Waals surface area contributed by atoms with Gasteiger partial charge in [0.1, 0.15) is 6.54 Å². The van der Waals surface area contributed by atoms with Gasteiger partial charge in [0, 0.05) is 41.6 Å². The molecular weight excluding hydrogens is 298 g/mol. The zero-order chi connectivity index (χ0) is 14.8. The van der Waals surface area contributed by atoms with Crippen molar-refractivity contribution in [3.05, 3.63) is 41.0 Å². The molecular formula is C14H16ClNO3S. The smallest absolute Gasteiger partial charge is 0.214 e. The van der Waals surface area contributed by atoms with Gasteiger partial charge in [-0.1, -0.05) is 11.6 Å². The van der Waals surface area contributed by atoms with E-state index in [1.165, 1.54) is 0 Å². The first-order valence-electron chi connectivity index (χ1n) is 6.39. The number of halogens is 1. The van der Waals surface area contributed by atoms with Gasteiger partial charge in [0.2, 0.25) is 5.52 Å². The normalized spacial score (nSPS) is 11.9. The average Bonchev–Trinajstić information content (AvgIpc) is 2.35. The van der Waals surface area contributed by atoms with Gasteiger partial charge < -0.3 is 4.55 Å². The number of nitrogens with zero attached hydrogens (tertiary/aromatic N) is 1. The summed E-state index contributed by atoms with van der Waals surface area (Å²) in [4.78, 5) is 0. The lowest BCUT2D eigenvalue weighted by Gasteiger charge is -2.07. The molecule has 0 radical (unpaired) electrons. The van der Waals surface area contributed by atoms with Crippen LogP contribution in [0.4, 0.5) is 0 Å². The van der Waals surface area contributed by atoms with Gasteiger partial charge in [-0.05, 0) is 24.6 Å². The molecule has 0 bridgehead atoms. The van der Waals surface area contributed by atoms with Crippen LogP contribution in [0.1, 0.15) is 18.5 Å². The molecule has 0 N–H and O–H groups in total. The quantitative estimate of drug-likeness (QED) is 0.484. The van der Waals surface area contributed by atoms with E-state index < -0.39 is 10.1 Å². The number of fused-ring (bicyclic) bond motifs is 1. The van der Waals surface area contributed by atoms with E-state index in [9.17, 15) is 13.0 Å². The highest BCUT2D eigenvalue weighted by atomic mass is 35.5. The minimum atomic E-state index is -4.12. The molecule has 6 heteroatoms. The van der Waals surface area contributed by atoms with Crippen LogP contribution < -0.4 is 4.57 Å². The first kappa shape index (κ1) is 15.2. The summed E-state index contributed by atoms with van der Waals surface area (Å²) in [5, 5.41) is 1.75. The number of aromatic nitrogens is 1. The highest BCUT2D eigenvalue weighted by molar-refractivity contribution is 7.85. The lowest BCUT2D eigenvalue weighted by atomic mass is 10.2. The fourth-order valence-corrected chi connectivity index (χ4v) is 2.95. The Morgan fingerprint density at radius 2 is 1.90 bits per heavy atom. The highest BCUT2D eigenvalue weighted by Gasteiger charge is 2.12. The first-order valence-corrected chi connectivity index (χ1v) is 8.35. The Kier molecular flexibility index (Phi) is 4.62. The van der Waals surface area contributed by atoms with Crippen molar-refractivity contribution in [2.75, 3.05) is 5.75 Å². The standard InChI is InChI=1S/C14H16ClNO3S/c1-11-4-5-12-6-7-13(15)10-14(12)16(11)8-2-3-9-20(17,18)19/h4-7,10H,2-3,8-9H2,1H3. The molecule has 1 aromatic carbocycles. The van der Waals surface area contributed by atoms with Gasteiger partial charge >= 0.3 is 0 Å². The van der Waals surface area contributed by atoms with Gasteiger partial charge in [0.25, 0.3) is 0 Å². The maximum absolute atomic E-state index is 10.6. The van der Waals surface area contributed by atoms with Gasteiger partial charge in [0.15, 0.2) is 5.69 Å². The number of rotatable bonds is 5. The Balaban J connectivity index is 2.20. The van der Waals surface area contributed by atoms with Crippen molar-refractivity contribution in [2.24, 2.45) is 0 Å². The summed E-state index contributed by atoms with van der Waals surface area (Å²) in [5.74, 6) is -0.307. The zero-order valence-corrected chi connectivity index (χ0v) is 12.7. The SMILES string of the molecule is Cc1ccc2ccc(Cl)cc2[n+]1CCCCS(=O)(=O)[O-]. The van der Waals surface area contributed by atoms with Crippen LogP contribution in [0.2, 0.25) is 5.02 Å². The van der Waals surface area contributed by atoms with Crippen LogP contribution in [0.25, 0.3) is 10.9 Å². The molecule has 0 unspecified atom stereocenters. The van der Waals surface area contributed by atoms with E-state index in [0.717, 1.165) is 16.6 Å². The van der Waals surface area contributed by atoms with Crippen LogP contribution in [0, 0.1) is 6.92 Å². The molecule has 0 saturated heterocycles. The van der Waals surface area contributed by atoms with Crippen LogP contribution in [0.5, 0.6) is 0 Å². The highest BCUT2D eigenvalue weighted by Crippen LogP contribution is 2.17. The number of pyridine rings is 1. The summed E-state index contributed by atoms with van der Waals surface area (Å²) >= 11 is 6.03. The first-order chi connectivity index (χ1) is 9.37. The summed E-state index contributed by atoms with van der Waals surface area (Å²) in [5.41, 5.74) is 2.09. The van der Waals surface area contributed by atoms with Crippen molar-refractivity contribution in [3.63, 3.8) is 0 Å². The van der Waals surface area contributed by atoms with Crippen molar-refractivity contribution >= 4 is 32.6 Å². The largest absolute Gasteiger partial charge is 0.748 e. The molecule has 2 rings (SSSR count). The maximum Gasteiger partial charge on any atom is 0.214 e. The van der Waals surface area contributed by atoms with Crippen LogP contribution >= 0.6 is 11.6 Å². The third-order valence-corrected chi connectivity index (χ3v) is 4.26. The molecule has 2 aromatic rings. The lowest BCUT2D eigenvalue weighted by molar-refractivity contribution is -0.677. The third-order valence-electron chi connectivity index (χ3n) is 3.24. The minimum Gasteiger partial charge on any atom is -0.748 e. The van der Waals surface area contributed by atoms with E-state index in [0.29, 0.717) is 24.4 Å². The number of aryl methyl sites for hydroxylation is 2. The van der Waals surface area contributed by atoms with Gasteiger partial charge in [-0.25, -0.2) is 8.42 Å². The van der Waals surface area contributed by atoms with E-state index in [-0.39, 0.29) is 5.75 Å². The molecule has 1 aromatic heterocycles. The molecule has 0 atom stereocenters. The van der Waals surface area contributed by atoms with Crippen LogP contribution in [0.3, 0.4) is 0 Å². The fourth-order valence-electron chi connectivity index (χ4n) is 2.23. The molecule has 4 nitrogen and oxygen atoms in total. The van der Waals surface area contributed by atoms with Crippen molar-refractivity contribution in [1.29, 1.82) is 0 Å². The molecule has 0 amide bonds. The van der Waals surface area contributed by atoms with Gasteiger partial charge in [-0.3, -0.25) is 0 Å². The van der Waals surface area contributed by atoms with Gasteiger partial charge in [0.05, 0.1) is 10.1 Å². The summed E-state index contributed by atoms with van der Waals surface area (Å²) in [6.07, 6.45) is 1.01. The Morgan fingerprint density at radius 1 is 1.20 bits per heavy atom. The van der Waals surface area contributed by atoms with Crippen molar-refractivity contribution < 1.29 is 17.5 Å². The van der Waals surface area contributed by atoms with Crippen molar-refractivity contribution in [2.45, 2.75) is 26.3 Å². The molecule has 0 aliphatic rings. The molecule has 0 saturated carbocycles. The molecule has 0 aliphatic heterocycles. The number of unbranched alkanes of at least 4 members (excludes halogenated alkanes) is 1. The Hall–Kier alpha value is -1.17.